The molecule has 0 aromatic heterocycles. The standard InChI is InChI=1S/C13H22N2O5/c1-13(2)7-3-4-9(13)15-12(20)14-8(11(18)19)5-6-10(16)17/h8-9H,3-7H2,1-2H3,(H,16,17)(H,18,19)(H2,14,15,20). The first-order valence-corrected chi connectivity index (χ1v) is 6.74. The van der Waals surface area contributed by atoms with E-state index < -0.39 is 24.0 Å². The van der Waals surface area contributed by atoms with E-state index in [1.807, 2.05) is 0 Å². The van der Waals surface area contributed by atoms with Gasteiger partial charge >= 0.3 is 18.0 Å². The van der Waals surface area contributed by atoms with E-state index >= 15 is 0 Å². The molecule has 2 amide bonds. The lowest BCUT2D eigenvalue weighted by atomic mass is 9.87. The third kappa shape index (κ3) is 4.71. The summed E-state index contributed by atoms with van der Waals surface area (Å²) in [6.07, 6.45) is 2.48. The number of aliphatic carboxylic acids is 2. The Labute approximate surface area is 117 Å². The van der Waals surface area contributed by atoms with Gasteiger partial charge in [0.2, 0.25) is 0 Å². The first kappa shape index (κ1) is 16.3. The fourth-order valence-corrected chi connectivity index (χ4v) is 2.48. The monoisotopic (exact) mass is 286 g/mol. The minimum Gasteiger partial charge on any atom is -0.481 e. The first-order chi connectivity index (χ1) is 9.22. The molecule has 0 saturated heterocycles. The second-order valence-electron chi connectivity index (χ2n) is 5.87. The van der Waals surface area contributed by atoms with E-state index in [1.54, 1.807) is 0 Å². The second-order valence-corrected chi connectivity index (χ2v) is 5.87. The van der Waals surface area contributed by atoms with Crippen LogP contribution in [-0.4, -0.2) is 40.3 Å². The molecule has 0 aromatic rings. The molecule has 1 saturated carbocycles. The molecule has 7 heteroatoms. The summed E-state index contributed by atoms with van der Waals surface area (Å²) in [5, 5.41) is 22.6. The predicted octanol–water partition coefficient (Wildman–Crippen LogP) is 1.18. The topological polar surface area (TPSA) is 116 Å². The van der Waals surface area contributed by atoms with Gasteiger partial charge in [-0.3, -0.25) is 4.79 Å². The summed E-state index contributed by atoms with van der Waals surface area (Å²) in [6.45, 7) is 4.12. The van der Waals surface area contributed by atoms with Gasteiger partial charge < -0.3 is 20.8 Å². The summed E-state index contributed by atoms with van der Waals surface area (Å²) in [7, 11) is 0. The van der Waals surface area contributed by atoms with E-state index in [2.05, 4.69) is 24.5 Å². The summed E-state index contributed by atoms with van der Waals surface area (Å²) in [5.41, 5.74) is -0.00285. The zero-order chi connectivity index (χ0) is 15.3. The van der Waals surface area contributed by atoms with Crippen molar-refractivity contribution >= 4 is 18.0 Å². The minimum atomic E-state index is -1.23. The van der Waals surface area contributed by atoms with Gasteiger partial charge in [0, 0.05) is 12.5 Å². The van der Waals surface area contributed by atoms with Crippen molar-refractivity contribution in [1.29, 1.82) is 0 Å². The van der Waals surface area contributed by atoms with Gasteiger partial charge in [-0.2, -0.15) is 0 Å². The van der Waals surface area contributed by atoms with Gasteiger partial charge in [0.1, 0.15) is 6.04 Å². The van der Waals surface area contributed by atoms with Crippen LogP contribution in [0.4, 0.5) is 4.79 Å². The highest BCUT2D eigenvalue weighted by atomic mass is 16.4. The highest BCUT2D eigenvalue weighted by Gasteiger charge is 2.35. The van der Waals surface area contributed by atoms with Crippen molar-refractivity contribution in [2.75, 3.05) is 0 Å². The quantitative estimate of drug-likeness (QED) is 0.585. The molecule has 0 radical (unpaired) electrons. The third-order valence-electron chi connectivity index (χ3n) is 3.81. The molecule has 2 unspecified atom stereocenters. The number of carbonyl (C=O) groups is 3. The summed E-state index contributed by atoms with van der Waals surface area (Å²) in [4.78, 5) is 33.2. The number of urea groups is 1. The maximum atomic E-state index is 11.8. The van der Waals surface area contributed by atoms with Crippen molar-refractivity contribution in [3.63, 3.8) is 0 Å². The Kier molecular flexibility index (Phi) is 5.35. The van der Waals surface area contributed by atoms with Crippen molar-refractivity contribution in [3.8, 4) is 0 Å². The van der Waals surface area contributed by atoms with Crippen molar-refractivity contribution < 1.29 is 24.6 Å². The van der Waals surface area contributed by atoms with Crippen LogP contribution < -0.4 is 10.6 Å². The van der Waals surface area contributed by atoms with Crippen LogP contribution in [0.2, 0.25) is 0 Å². The first-order valence-electron chi connectivity index (χ1n) is 6.74. The van der Waals surface area contributed by atoms with E-state index in [1.165, 1.54) is 0 Å². The molecule has 1 rings (SSSR count). The number of amides is 2. The Morgan fingerprint density at radius 1 is 1.30 bits per heavy atom. The number of carboxylic acids is 2. The number of rotatable bonds is 6. The molecule has 1 fully saturated rings. The molecule has 0 aromatic carbocycles. The van der Waals surface area contributed by atoms with Gasteiger partial charge in [0.15, 0.2) is 0 Å². The minimum absolute atomic E-state index is 0.00285. The van der Waals surface area contributed by atoms with E-state index in [0.717, 1.165) is 19.3 Å². The zero-order valence-corrected chi connectivity index (χ0v) is 11.8. The molecule has 114 valence electrons. The predicted molar refractivity (Wildman–Crippen MR) is 71.4 cm³/mol. The Hall–Kier alpha value is -1.79. The van der Waals surface area contributed by atoms with Gasteiger partial charge in [0.25, 0.3) is 0 Å². The summed E-state index contributed by atoms with van der Waals surface area (Å²) >= 11 is 0. The van der Waals surface area contributed by atoms with Crippen molar-refractivity contribution in [3.05, 3.63) is 0 Å². The molecular weight excluding hydrogens is 264 g/mol. The molecule has 1 aliphatic rings. The SMILES string of the molecule is CC1(C)CCCC1NC(=O)NC(CCC(=O)O)C(=O)O. The lowest BCUT2D eigenvalue weighted by Gasteiger charge is -2.28. The third-order valence-corrected chi connectivity index (χ3v) is 3.81. The van der Waals surface area contributed by atoms with Gasteiger partial charge in [-0.1, -0.05) is 20.3 Å². The van der Waals surface area contributed by atoms with E-state index in [9.17, 15) is 14.4 Å². The molecule has 20 heavy (non-hydrogen) atoms. The average molecular weight is 286 g/mol. The van der Waals surface area contributed by atoms with Crippen LogP contribution in [-0.2, 0) is 9.59 Å². The van der Waals surface area contributed by atoms with Crippen LogP contribution in [0.5, 0.6) is 0 Å². The second kappa shape index (κ2) is 6.58. The van der Waals surface area contributed by atoms with Crippen LogP contribution in [0.1, 0.15) is 46.0 Å². The summed E-state index contributed by atoms with van der Waals surface area (Å²) in [6, 6.07) is -1.73. The maximum Gasteiger partial charge on any atom is 0.326 e. The van der Waals surface area contributed by atoms with Crippen molar-refractivity contribution in [2.45, 2.75) is 58.0 Å². The van der Waals surface area contributed by atoms with Crippen molar-refractivity contribution in [2.24, 2.45) is 5.41 Å². The van der Waals surface area contributed by atoms with Crippen LogP contribution in [0.3, 0.4) is 0 Å². The molecule has 4 N–H and O–H groups in total. The summed E-state index contributed by atoms with van der Waals surface area (Å²) < 4.78 is 0. The zero-order valence-electron chi connectivity index (χ0n) is 11.8. The van der Waals surface area contributed by atoms with E-state index in [-0.39, 0.29) is 24.3 Å². The lowest BCUT2D eigenvalue weighted by molar-refractivity contribution is -0.140. The number of carbonyl (C=O) groups excluding carboxylic acids is 1. The van der Waals surface area contributed by atoms with Crippen LogP contribution in [0, 0.1) is 5.41 Å². The maximum absolute atomic E-state index is 11.8. The fourth-order valence-electron chi connectivity index (χ4n) is 2.48. The van der Waals surface area contributed by atoms with Crippen LogP contribution in [0.25, 0.3) is 0 Å². The highest BCUT2D eigenvalue weighted by molar-refractivity contribution is 5.83. The average Bonchev–Trinajstić information content (AvgIpc) is 2.63. The smallest absolute Gasteiger partial charge is 0.326 e. The Morgan fingerprint density at radius 2 is 1.95 bits per heavy atom. The fraction of sp³-hybridized carbons (Fsp3) is 0.769. The largest absolute Gasteiger partial charge is 0.481 e. The molecule has 0 bridgehead atoms. The molecule has 0 heterocycles. The molecule has 7 nitrogen and oxygen atoms in total. The lowest BCUT2D eigenvalue weighted by Crippen LogP contribution is -2.51. The van der Waals surface area contributed by atoms with E-state index in [0.29, 0.717) is 0 Å². The molecule has 2 atom stereocenters. The Bertz CT molecular complexity index is 394. The number of hydrogen-bond donors (Lipinski definition) is 4. The Morgan fingerprint density at radius 3 is 2.40 bits per heavy atom. The molecule has 0 spiro atoms. The van der Waals surface area contributed by atoms with E-state index in [4.69, 9.17) is 10.2 Å². The number of nitrogens with one attached hydrogen (secondary N) is 2. The molecular formula is C13H22N2O5. The van der Waals surface area contributed by atoms with Crippen LogP contribution in [0.15, 0.2) is 0 Å². The van der Waals surface area contributed by atoms with Gasteiger partial charge in [-0.05, 0) is 24.7 Å². The van der Waals surface area contributed by atoms with Crippen molar-refractivity contribution in [1.82, 2.24) is 10.6 Å². The Balaban J connectivity index is 2.49. The molecule has 1 aliphatic carbocycles. The number of hydrogen-bond acceptors (Lipinski definition) is 3. The normalized spacial score (nSPS) is 22.0. The van der Waals surface area contributed by atoms with Gasteiger partial charge in [-0.25, -0.2) is 9.59 Å². The van der Waals surface area contributed by atoms with Gasteiger partial charge in [-0.15, -0.1) is 0 Å². The van der Waals surface area contributed by atoms with Gasteiger partial charge in [0.05, 0.1) is 0 Å². The summed E-state index contributed by atoms with van der Waals surface area (Å²) in [5.74, 6) is -2.32. The highest BCUT2D eigenvalue weighted by Crippen LogP contribution is 2.37. The molecule has 0 aliphatic heterocycles. The number of carboxylic acid groups (broad SMARTS) is 2. The van der Waals surface area contributed by atoms with Crippen LogP contribution >= 0.6 is 0 Å².